The standard InChI is InChI=1S/C45H51ClF2N10O4/c1-25-22-58(18-17-57(25)23-26-13-15-56(16-14-26)35-6-4-5-29-38(53-55(3)40(29)35)30-10-12-37(59)51-43(30)60)36-20-33(32(46)21-49-36)50-28-9-11-34-31(19-28)39-41(44(61)54(34)2)62-24-45(47,48)42(52-39)27-7-8-27/h4-6,9,11,19-21,25-27,30,42,52H,7-8,10,12-18,22-24H2,1-3H3,(H,49,50)(H,51,59,60). The number of amides is 2. The van der Waals surface area contributed by atoms with E-state index in [1.807, 2.05) is 42.1 Å². The summed E-state index contributed by atoms with van der Waals surface area (Å²) in [6.07, 6.45) is 6.00. The number of piperidine rings is 2. The molecule has 10 rings (SSSR count). The first kappa shape index (κ1) is 40.6. The van der Waals surface area contributed by atoms with E-state index in [1.54, 1.807) is 19.3 Å². The van der Waals surface area contributed by atoms with Gasteiger partial charge >= 0.3 is 5.92 Å². The zero-order chi connectivity index (χ0) is 43.0. The van der Waals surface area contributed by atoms with Gasteiger partial charge in [0.2, 0.25) is 17.6 Å². The lowest BCUT2D eigenvalue weighted by Crippen LogP contribution is -2.54. The number of halogens is 3. The largest absolute Gasteiger partial charge is 0.480 e. The molecule has 2 amide bonds. The normalized spacial score (nSPS) is 23.5. The van der Waals surface area contributed by atoms with E-state index in [2.05, 4.69) is 43.6 Å². The maximum absolute atomic E-state index is 15.2. The Balaban J connectivity index is 0.791. The van der Waals surface area contributed by atoms with Crippen molar-refractivity contribution in [3.05, 3.63) is 69.7 Å². The van der Waals surface area contributed by atoms with Gasteiger partial charge in [-0.25, -0.2) is 13.8 Å². The number of fused-ring (bicyclic) bond motifs is 4. The maximum Gasteiger partial charge on any atom is 0.301 e. The predicted octanol–water partition coefficient (Wildman–Crippen LogP) is 6.38. The zero-order valence-corrected chi connectivity index (χ0v) is 35.9. The number of hydrogen-bond donors (Lipinski definition) is 3. The van der Waals surface area contributed by atoms with Gasteiger partial charge in [-0.2, -0.15) is 5.10 Å². The second-order valence-corrected chi connectivity index (χ2v) is 18.3. The van der Waals surface area contributed by atoms with Gasteiger partial charge in [0.25, 0.3) is 5.56 Å². The summed E-state index contributed by atoms with van der Waals surface area (Å²) < 4.78 is 39.2. The predicted molar refractivity (Wildman–Crippen MR) is 236 cm³/mol. The van der Waals surface area contributed by atoms with Crippen molar-refractivity contribution in [3.63, 3.8) is 0 Å². The van der Waals surface area contributed by atoms with Crippen molar-refractivity contribution in [3.8, 4) is 5.75 Å². The zero-order valence-electron chi connectivity index (χ0n) is 35.1. The summed E-state index contributed by atoms with van der Waals surface area (Å²) in [4.78, 5) is 49.9. The Morgan fingerprint density at radius 2 is 1.77 bits per heavy atom. The van der Waals surface area contributed by atoms with Crippen LogP contribution in [0.5, 0.6) is 5.75 Å². The number of carbonyl (C=O) groups is 2. The Hall–Kier alpha value is -5.48. The van der Waals surface area contributed by atoms with Crippen molar-refractivity contribution in [2.24, 2.45) is 25.9 Å². The molecule has 5 aromatic rings. The SMILES string of the molecule is CC1CN(c2cc(Nc3ccc4c(c3)c3c(c(=O)n4C)OCC(F)(F)C(C4CC4)N3)c(Cl)cn2)CCN1CC1CCN(c2cccc3c(C4CCC(=O)NC4=O)nn(C)c23)CC1. The highest BCUT2D eigenvalue weighted by molar-refractivity contribution is 6.33. The molecular formula is C45H51ClF2N10O4. The number of nitrogens with one attached hydrogen (secondary N) is 3. The first-order valence-corrected chi connectivity index (χ1v) is 22.1. The summed E-state index contributed by atoms with van der Waals surface area (Å²) in [5.41, 5.74) is 4.65. The number of rotatable bonds is 8. The Labute approximate surface area is 362 Å². The van der Waals surface area contributed by atoms with Gasteiger partial charge in [0.15, 0.2) is 6.61 Å². The lowest BCUT2D eigenvalue weighted by atomic mass is 9.92. The minimum atomic E-state index is -3.12. The van der Waals surface area contributed by atoms with Crippen LogP contribution < -0.4 is 36.0 Å². The molecule has 3 unspecified atom stereocenters. The summed E-state index contributed by atoms with van der Waals surface area (Å²) in [5, 5.41) is 15.8. The fourth-order valence-corrected chi connectivity index (χ4v) is 10.3. The summed E-state index contributed by atoms with van der Waals surface area (Å²) >= 11 is 6.72. The van der Waals surface area contributed by atoms with Crippen molar-refractivity contribution >= 4 is 73.8 Å². The quantitative estimate of drug-likeness (QED) is 0.150. The Morgan fingerprint density at radius 3 is 2.53 bits per heavy atom. The van der Waals surface area contributed by atoms with Crippen LogP contribution >= 0.6 is 11.6 Å². The van der Waals surface area contributed by atoms with E-state index < -0.39 is 30.0 Å². The molecule has 2 aromatic carbocycles. The lowest BCUT2D eigenvalue weighted by molar-refractivity contribution is -0.134. The maximum atomic E-state index is 15.2. The summed E-state index contributed by atoms with van der Waals surface area (Å²) in [5.74, 6) is -2.95. The number of anilines is 5. The number of hydrogen-bond acceptors (Lipinski definition) is 11. The summed E-state index contributed by atoms with van der Waals surface area (Å²) in [7, 11) is 3.55. The van der Waals surface area contributed by atoms with Gasteiger partial charge in [-0.3, -0.25) is 29.3 Å². The number of aryl methyl sites for hydroxylation is 2. The van der Waals surface area contributed by atoms with Gasteiger partial charge in [-0.05, 0) is 75.1 Å². The molecule has 0 bridgehead atoms. The number of alkyl halides is 2. The number of benzene rings is 2. The number of para-hydroxylation sites is 1. The van der Waals surface area contributed by atoms with Gasteiger partial charge in [-0.15, -0.1) is 0 Å². The number of nitrogens with zero attached hydrogens (tertiary/aromatic N) is 7. The Morgan fingerprint density at radius 1 is 0.968 bits per heavy atom. The number of ether oxygens (including phenoxy) is 1. The smallest absolute Gasteiger partial charge is 0.301 e. The van der Waals surface area contributed by atoms with Crippen LogP contribution in [0.15, 0.2) is 53.5 Å². The molecule has 3 aromatic heterocycles. The molecular weight excluding hydrogens is 818 g/mol. The fraction of sp³-hybridized carbons (Fsp3) is 0.489. The van der Waals surface area contributed by atoms with Crippen LogP contribution in [0.1, 0.15) is 57.1 Å². The number of carbonyl (C=O) groups excluding carboxylic acids is 2. The molecule has 7 heterocycles. The van der Waals surface area contributed by atoms with Crippen molar-refractivity contribution < 1.29 is 23.1 Å². The van der Waals surface area contributed by atoms with Gasteiger partial charge < -0.3 is 29.7 Å². The van der Waals surface area contributed by atoms with Crippen LogP contribution in [0.2, 0.25) is 5.02 Å². The summed E-state index contributed by atoms with van der Waals surface area (Å²) in [6.45, 7) is 6.82. The number of imide groups is 1. The molecule has 3 atom stereocenters. The van der Waals surface area contributed by atoms with E-state index in [0.29, 0.717) is 70.6 Å². The first-order valence-electron chi connectivity index (χ1n) is 21.7. The van der Waals surface area contributed by atoms with Crippen LogP contribution in [0, 0.1) is 11.8 Å². The van der Waals surface area contributed by atoms with Crippen molar-refractivity contribution in [1.29, 1.82) is 0 Å². The molecule has 1 aliphatic carbocycles. The van der Waals surface area contributed by atoms with E-state index in [9.17, 15) is 14.4 Å². The fourth-order valence-electron chi connectivity index (χ4n) is 10.1. The molecule has 4 aliphatic heterocycles. The molecule has 62 heavy (non-hydrogen) atoms. The average Bonchev–Trinajstić information content (AvgIpc) is 4.06. The molecule has 0 radical (unpaired) electrons. The second kappa shape index (κ2) is 15.7. The third kappa shape index (κ3) is 7.37. The van der Waals surface area contributed by atoms with Crippen LogP contribution in [0.25, 0.3) is 21.8 Å². The van der Waals surface area contributed by atoms with E-state index in [4.69, 9.17) is 26.4 Å². The van der Waals surface area contributed by atoms with Gasteiger partial charge in [0, 0.05) is 88.4 Å². The number of piperazine rings is 1. The van der Waals surface area contributed by atoms with Crippen molar-refractivity contribution in [2.45, 2.75) is 69.4 Å². The molecule has 4 fully saturated rings. The highest BCUT2D eigenvalue weighted by Gasteiger charge is 2.51. The van der Waals surface area contributed by atoms with Crippen LogP contribution in [0.3, 0.4) is 0 Å². The van der Waals surface area contributed by atoms with Crippen molar-refractivity contribution in [1.82, 2.24) is 29.5 Å². The lowest BCUT2D eigenvalue weighted by Gasteiger charge is -2.43. The Kier molecular flexibility index (Phi) is 10.3. The second-order valence-electron chi connectivity index (χ2n) is 17.9. The molecule has 14 nitrogen and oxygen atoms in total. The minimum absolute atomic E-state index is 0.0926. The topological polar surface area (TPSA) is 142 Å². The molecule has 3 saturated heterocycles. The van der Waals surface area contributed by atoms with E-state index in [1.165, 1.54) is 4.57 Å². The monoisotopic (exact) mass is 868 g/mol. The molecule has 0 spiro atoms. The Bertz CT molecular complexity index is 2660. The molecule has 17 heteroatoms. The third-order valence-electron chi connectivity index (χ3n) is 13.7. The third-order valence-corrected chi connectivity index (χ3v) is 14.0. The van der Waals surface area contributed by atoms with E-state index in [-0.39, 0.29) is 23.5 Å². The van der Waals surface area contributed by atoms with E-state index in [0.717, 1.165) is 80.2 Å². The van der Waals surface area contributed by atoms with Crippen molar-refractivity contribution in [2.75, 3.05) is 66.3 Å². The van der Waals surface area contributed by atoms with E-state index >= 15 is 8.78 Å². The molecule has 3 N–H and O–H groups in total. The number of pyridine rings is 2. The van der Waals surface area contributed by atoms with Crippen LogP contribution in [0.4, 0.5) is 37.3 Å². The highest BCUT2D eigenvalue weighted by Crippen LogP contribution is 2.46. The van der Waals surface area contributed by atoms with Crippen LogP contribution in [-0.2, 0) is 23.7 Å². The van der Waals surface area contributed by atoms with Gasteiger partial charge in [0.1, 0.15) is 5.82 Å². The van der Waals surface area contributed by atoms with Gasteiger partial charge in [-0.1, -0.05) is 23.7 Å². The minimum Gasteiger partial charge on any atom is -0.480 e. The first-order chi connectivity index (χ1) is 29.8. The highest BCUT2D eigenvalue weighted by atomic mass is 35.5. The average molecular weight is 869 g/mol. The molecule has 1 saturated carbocycles. The molecule has 326 valence electrons. The number of aromatic nitrogens is 4. The summed E-state index contributed by atoms with van der Waals surface area (Å²) in [6, 6.07) is 12.9. The molecule has 5 aliphatic rings. The van der Waals surface area contributed by atoms with Crippen LogP contribution in [-0.4, -0.2) is 99.9 Å². The van der Waals surface area contributed by atoms with Gasteiger partial charge in [0.05, 0.1) is 57.0 Å².